The molecule has 2 aliphatic rings. The maximum absolute atomic E-state index is 14.0. The predicted octanol–water partition coefficient (Wildman–Crippen LogP) is 2.25. The molecule has 30 heavy (non-hydrogen) atoms. The number of carbonyl (C=O) groups is 2. The molecule has 0 unspecified atom stereocenters. The van der Waals surface area contributed by atoms with Crippen molar-refractivity contribution in [3.63, 3.8) is 0 Å². The van der Waals surface area contributed by atoms with Crippen LogP contribution in [0.25, 0.3) is 0 Å². The predicted molar refractivity (Wildman–Crippen MR) is 103 cm³/mol. The van der Waals surface area contributed by atoms with Crippen LogP contribution >= 0.6 is 0 Å². The zero-order valence-electron chi connectivity index (χ0n) is 16.5. The molecular weight excluding hydrogens is 396 g/mol. The molecule has 1 saturated carbocycles. The summed E-state index contributed by atoms with van der Waals surface area (Å²) in [5, 5.41) is 12.7. The van der Waals surface area contributed by atoms with Crippen LogP contribution in [-0.2, 0) is 6.54 Å². The molecular formula is C21H21F2N3O4. The fraction of sp³-hybridized carbons (Fsp3) is 0.381. The van der Waals surface area contributed by atoms with Gasteiger partial charge in [-0.1, -0.05) is 0 Å². The Morgan fingerprint density at radius 2 is 1.83 bits per heavy atom. The first-order chi connectivity index (χ1) is 14.2. The fourth-order valence-corrected chi connectivity index (χ4v) is 4.43. The Labute approximate surface area is 170 Å². The van der Waals surface area contributed by atoms with Gasteiger partial charge in [-0.05, 0) is 43.9 Å². The van der Waals surface area contributed by atoms with Crippen LogP contribution in [0.4, 0.5) is 8.78 Å². The number of likely N-dealkylation sites (N-methyl/N-ethyl adjacent to an activating group) is 1. The molecule has 0 bridgehead atoms. The van der Waals surface area contributed by atoms with E-state index in [0.29, 0.717) is 5.56 Å². The molecule has 7 nitrogen and oxygen atoms in total. The lowest BCUT2D eigenvalue weighted by molar-refractivity contribution is 0.0616. The molecule has 2 heterocycles. The summed E-state index contributed by atoms with van der Waals surface area (Å²) in [6, 6.07) is 2.05. The zero-order valence-corrected chi connectivity index (χ0v) is 16.5. The molecule has 1 aromatic heterocycles. The largest absolute Gasteiger partial charge is 0.503 e. The summed E-state index contributed by atoms with van der Waals surface area (Å²) in [6.07, 6.45) is 3.65. The number of hydrogen-bond acceptors (Lipinski definition) is 4. The second kappa shape index (κ2) is 7.23. The Morgan fingerprint density at radius 1 is 1.20 bits per heavy atom. The molecule has 2 N–H and O–H groups in total. The molecule has 1 aromatic carbocycles. The molecule has 4 rings (SSSR count). The summed E-state index contributed by atoms with van der Waals surface area (Å²) in [5.41, 5.74) is -1.45. The van der Waals surface area contributed by atoms with E-state index in [9.17, 15) is 28.3 Å². The average molecular weight is 417 g/mol. The third-order valence-electron chi connectivity index (χ3n) is 5.99. The van der Waals surface area contributed by atoms with Crippen LogP contribution in [0.3, 0.4) is 0 Å². The molecule has 9 heteroatoms. The minimum atomic E-state index is -0.998. The number of rotatable bonds is 3. The van der Waals surface area contributed by atoms with Gasteiger partial charge in [-0.25, -0.2) is 8.78 Å². The first-order valence-electron chi connectivity index (χ1n) is 9.68. The second-order valence-electron chi connectivity index (χ2n) is 7.85. The van der Waals surface area contributed by atoms with Crippen LogP contribution in [0, 0.1) is 18.6 Å². The maximum atomic E-state index is 14.0. The number of benzene rings is 1. The third-order valence-corrected chi connectivity index (χ3v) is 5.99. The summed E-state index contributed by atoms with van der Waals surface area (Å²) in [5.74, 6) is -3.77. The van der Waals surface area contributed by atoms with Crippen LogP contribution in [0.2, 0.25) is 0 Å². The van der Waals surface area contributed by atoms with E-state index >= 15 is 0 Å². The smallest absolute Gasteiger partial charge is 0.274 e. The van der Waals surface area contributed by atoms with E-state index in [2.05, 4.69) is 5.32 Å². The van der Waals surface area contributed by atoms with Crippen molar-refractivity contribution in [3.05, 3.63) is 62.6 Å². The quantitative estimate of drug-likeness (QED) is 0.802. The Morgan fingerprint density at radius 3 is 2.50 bits per heavy atom. The van der Waals surface area contributed by atoms with Crippen molar-refractivity contribution in [3.8, 4) is 5.75 Å². The van der Waals surface area contributed by atoms with Gasteiger partial charge < -0.3 is 19.9 Å². The highest BCUT2D eigenvalue weighted by Gasteiger charge is 2.42. The van der Waals surface area contributed by atoms with Gasteiger partial charge >= 0.3 is 0 Å². The lowest BCUT2D eigenvalue weighted by atomic mass is 10.0. The minimum absolute atomic E-state index is 0.0847. The van der Waals surface area contributed by atoms with E-state index in [-0.39, 0.29) is 28.9 Å². The monoisotopic (exact) mass is 417 g/mol. The molecule has 2 amide bonds. The second-order valence-corrected chi connectivity index (χ2v) is 7.85. The fourth-order valence-electron chi connectivity index (χ4n) is 4.43. The number of carbonyl (C=O) groups excluding carboxylic acids is 2. The first kappa shape index (κ1) is 20.1. The normalized spacial score (nSPS) is 20.1. The van der Waals surface area contributed by atoms with E-state index in [0.717, 1.165) is 31.4 Å². The SMILES string of the molecule is Cc1cc(F)c(CNC(=O)c2cn3c(c(O)c2=O)C(=O)N(C)[C@@H]2CCC[C@H]23)c(F)c1. The molecule has 0 radical (unpaired) electrons. The number of hydrogen-bond donors (Lipinski definition) is 2. The molecule has 1 aliphatic heterocycles. The number of pyridine rings is 1. The average Bonchev–Trinajstić information content (AvgIpc) is 3.17. The van der Waals surface area contributed by atoms with E-state index in [1.807, 2.05) is 0 Å². The van der Waals surface area contributed by atoms with E-state index in [1.165, 1.54) is 15.7 Å². The summed E-state index contributed by atoms with van der Waals surface area (Å²) in [6.45, 7) is 1.08. The van der Waals surface area contributed by atoms with Crippen LogP contribution < -0.4 is 10.7 Å². The Hall–Kier alpha value is -3.23. The summed E-state index contributed by atoms with van der Waals surface area (Å²) in [4.78, 5) is 39.4. The van der Waals surface area contributed by atoms with Crippen molar-refractivity contribution >= 4 is 11.8 Å². The van der Waals surface area contributed by atoms with E-state index in [1.54, 1.807) is 14.0 Å². The van der Waals surface area contributed by atoms with Gasteiger partial charge in [-0.3, -0.25) is 14.4 Å². The molecule has 2 atom stereocenters. The number of aromatic nitrogens is 1. The van der Waals surface area contributed by atoms with Gasteiger partial charge in [-0.2, -0.15) is 0 Å². The number of aryl methyl sites for hydroxylation is 1. The third kappa shape index (κ3) is 3.05. The van der Waals surface area contributed by atoms with Crippen molar-refractivity contribution in [2.24, 2.45) is 0 Å². The lowest BCUT2D eigenvalue weighted by Crippen LogP contribution is -2.47. The van der Waals surface area contributed by atoms with Gasteiger partial charge in [0.25, 0.3) is 11.8 Å². The van der Waals surface area contributed by atoms with Gasteiger partial charge in [0.2, 0.25) is 5.43 Å². The highest BCUT2D eigenvalue weighted by atomic mass is 19.1. The standard InChI is InChI=1S/C21H21F2N3O4/c1-10-6-13(22)11(14(23)7-10)8-24-20(29)12-9-26-16-5-3-4-15(16)25(2)21(30)17(26)19(28)18(12)27/h6-7,9,15-16,28H,3-5,8H2,1-2H3,(H,24,29)/t15-,16-/m1/s1. The molecule has 1 fully saturated rings. The van der Waals surface area contributed by atoms with Crippen molar-refractivity contribution in [2.45, 2.75) is 44.8 Å². The van der Waals surface area contributed by atoms with Crippen molar-refractivity contribution < 1.29 is 23.5 Å². The minimum Gasteiger partial charge on any atom is -0.503 e. The van der Waals surface area contributed by atoms with Gasteiger partial charge in [-0.15, -0.1) is 0 Å². The van der Waals surface area contributed by atoms with Crippen LogP contribution in [-0.4, -0.2) is 39.5 Å². The number of halogens is 2. The zero-order chi connectivity index (χ0) is 21.7. The topological polar surface area (TPSA) is 91.6 Å². The molecule has 0 spiro atoms. The number of nitrogens with one attached hydrogen (secondary N) is 1. The van der Waals surface area contributed by atoms with E-state index < -0.39 is 41.2 Å². The summed E-state index contributed by atoms with van der Waals surface area (Å²) >= 11 is 0. The number of nitrogens with zero attached hydrogens (tertiary/aromatic N) is 2. The maximum Gasteiger partial charge on any atom is 0.274 e. The Bertz CT molecular complexity index is 1100. The molecule has 1 aliphatic carbocycles. The molecule has 158 valence electrons. The van der Waals surface area contributed by atoms with Gasteiger partial charge in [0.1, 0.15) is 17.2 Å². The van der Waals surface area contributed by atoms with Gasteiger partial charge in [0.15, 0.2) is 11.4 Å². The van der Waals surface area contributed by atoms with Crippen LogP contribution in [0.1, 0.15) is 57.3 Å². The number of aromatic hydroxyl groups is 1. The summed E-state index contributed by atoms with van der Waals surface area (Å²) in [7, 11) is 1.63. The Balaban J connectivity index is 1.68. The van der Waals surface area contributed by atoms with Crippen LogP contribution in [0.5, 0.6) is 5.75 Å². The molecule has 0 saturated heterocycles. The lowest BCUT2D eigenvalue weighted by Gasteiger charge is -2.38. The van der Waals surface area contributed by atoms with Gasteiger partial charge in [0, 0.05) is 25.4 Å². The highest BCUT2D eigenvalue weighted by molar-refractivity contribution is 5.99. The van der Waals surface area contributed by atoms with Gasteiger partial charge in [0.05, 0.1) is 12.1 Å². The van der Waals surface area contributed by atoms with Crippen LogP contribution in [0.15, 0.2) is 23.1 Å². The van der Waals surface area contributed by atoms with E-state index in [4.69, 9.17) is 0 Å². The van der Waals surface area contributed by atoms with Crippen molar-refractivity contribution in [2.75, 3.05) is 7.05 Å². The van der Waals surface area contributed by atoms with Crippen molar-refractivity contribution in [1.82, 2.24) is 14.8 Å². The highest BCUT2D eigenvalue weighted by Crippen LogP contribution is 2.39. The van der Waals surface area contributed by atoms with Crippen molar-refractivity contribution in [1.29, 1.82) is 0 Å². The Kier molecular flexibility index (Phi) is 4.83. The number of amides is 2. The first-order valence-corrected chi connectivity index (χ1v) is 9.68. The summed E-state index contributed by atoms with van der Waals surface area (Å²) < 4.78 is 29.5. The molecule has 2 aromatic rings. The number of fused-ring (bicyclic) bond motifs is 3.